The molecular formula is C7H14BrF5O2S. The van der Waals surface area contributed by atoms with Gasteiger partial charge in [-0.2, -0.15) is 0 Å². The molecule has 0 rings (SSSR count). The van der Waals surface area contributed by atoms with Crippen molar-refractivity contribution < 1.29 is 29.0 Å². The molecule has 102 valence electrons. The van der Waals surface area contributed by atoms with Crippen LogP contribution in [0.1, 0.15) is 20.8 Å². The Hall–Kier alpha value is -0.0500. The molecule has 0 saturated carbocycles. The van der Waals surface area contributed by atoms with Crippen molar-refractivity contribution in [3.05, 3.63) is 0 Å². The zero-order chi connectivity index (χ0) is 13.7. The third kappa shape index (κ3) is 16.4. The van der Waals surface area contributed by atoms with Crippen molar-refractivity contribution in [1.82, 2.24) is 0 Å². The fraction of sp³-hybridized carbons (Fsp3) is 0.857. The first-order valence-corrected chi connectivity index (χ1v) is 7.33. The number of halogens is 6. The average Bonchev–Trinajstić information content (AvgIpc) is 1.99. The number of hydrogen-bond acceptors (Lipinski definition) is 2. The third-order valence-electron chi connectivity index (χ3n) is 0.963. The van der Waals surface area contributed by atoms with Gasteiger partial charge >= 0.3 is 5.97 Å². The Morgan fingerprint density at radius 3 is 1.88 bits per heavy atom. The number of esters is 1. The van der Waals surface area contributed by atoms with E-state index in [2.05, 4.69) is 20.7 Å². The van der Waals surface area contributed by atoms with E-state index in [1.54, 1.807) is 0 Å². The largest absolute Gasteiger partial charge is 0.465 e. The lowest BCUT2D eigenvalue weighted by molar-refractivity contribution is -0.140. The Morgan fingerprint density at radius 1 is 1.25 bits per heavy atom. The van der Waals surface area contributed by atoms with Crippen LogP contribution in [0, 0.1) is 0 Å². The number of ether oxygens (including phenoxy) is 1. The van der Waals surface area contributed by atoms with Crippen molar-refractivity contribution in [2.75, 3.05) is 12.4 Å². The van der Waals surface area contributed by atoms with Gasteiger partial charge in [0.25, 0.3) is 10.2 Å². The summed E-state index contributed by atoms with van der Waals surface area (Å²) >= 11 is 2.36. The van der Waals surface area contributed by atoms with Crippen LogP contribution in [0.5, 0.6) is 0 Å². The zero-order valence-electron chi connectivity index (χ0n) is 8.98. The maximum atomic E-state index is 11.8. The van der Waals surface area contributed by atoms with Gasteiger partial charge in [0.1, 0.15) is 12.4 Å². The van der Waals surface area contributed by atoms with E-state index in [1.165, 1.54) is 0 Å². The van der Waals surface area contributed by atoms with Gasteiger partial charge < -0.3 is 4.74 Å². The van der Waals surface area contributed by atoms with E-state index in [0.29, 0.717) is 0 Å². The van der Waals surface area contributed by atoms with Gasteiger partial charge in [-0.05, 0) is 0 Å². The molecule has 0 spiro atoms. The molecule has 9 heteroatoms. The van der Waals surface area contributed by atoms with E-state index in [9.17, 15) is 24.2 Å². The van der Waals surface area contributed by atoms with Gasteiger partial charge in [-0.25, -0.2) is 0 Å². The minimum absolute atomic E-state index is 0.735. The lowest BCUT2D eigenvalue weighted by atomic mass is 10.5. The van der Waals surface area contributed by atoms with Crippen molar-refractivity contribution in [3.63, 3.8) is 0 Å². The molecule has 0 saturated heterocycles. The highest BCUT2D eigenvalue weighted by Gasteiger charge is 2.64. The first-order valence-electron chi connectivity index (χ1n) is 4.29. The first kappa shape index (κ1) is 18.3. The number of carbonyl (C=O) groups is 1. The lowest BCUT2D eigenvalue weighted by Crippen LogP contribution is -2.24. The molecule has 0 N–H and O–H groups in total. The van der Waals surface area contributed by atoms with Crippen LogP contribution in [-0.2, 0) is 9.53 Å². The number of alkyl halides is 1. The Bertz CT molecular complexity index is 239. The highest BCUT2D eigenvalue weighted by molar-refractivity contribution is 9.09. The SMILES string of the molecule is CC.CC(=O)OCC(Br)CS(F)(F)(F)(F)F. The number of rotatable bonds is 4. The molecule has 0 aliphatic heterocycles. The molecule has 1 unspecified atom stereocenters. The van der Waals surface area contributed by atoms with Crippen molar-refractivity contribution in [3.8, 4) is 0 Å². The van der Waals surface area contributed by atoms with Crippen LogP contribution in [0.4, 0.5) is 19.4 Å². The van der Waals surface area contributed by atoms with Crippen molar-refractivity contribution in [2.24, 2.45) is 0 Å². The zero-order valence-corrected chi connectivity index (χ0v) is 11.4. The van der Waals surface area contributed by atoms with Crippen LogP contribution in [0.25, 0.3) is 0 Å². The van der Waals surface area contributed by atoms with Gasteiger partial charge in [0.2, 0.25) is 0 Å². The van der Waals surface area contributed by atoms with Crippen LogP contribution in [0.3, 0.4) is 0 Å². The maximum Gasteiger partial charge on any atom is 0.302 e. The van der Waals surface area contributed by atoms with Crippen molar-refractivity contribution in [2.45, 2.75) is 25.6 Å². The summed E-state index contributed by atoms with van der Waals surface area (Å²) in [7, 11) is -9.42. The molecule has 1 atom stereocenters. The maximum absolute atomic E-state index is 11.8. The van der Waals surface area contributed by atoms with E-state index in [4.69, 9.17) is 0 Å². The van der Waals surface area contributed by atoms with Crippen LogP contribution in [0.15, 0.2) is 0 Å². The summed E-state index contributed by atoms with van der Waals surface area (Å²) < 4.78 is 63.2. The third-order valence-corrected chi connectivity index (χ3v) is 3.01. The van der Waals surface area contributed by atoms with E-state index in [-0.39, 0.29) is 0 Å². The van der Waals surface area contributed by atoms with E-state index in [1.807, 2.05) is 13.8 Å². The fourth-order valence-electron chi connectivity index (χ4n) is 0.598. The van der Waals surface area contributed by atoms with Crippen LogP contribution in [-0.4, -0.2) is 23.2 Å². The van der Waals surface area contributed by atoms with E-state index in [0.717, 1.165) is 6.92 Å². The molecule has 0 radical (unpaired) electrons. The average molecular weight is 337 g/mol. The van der Waals surface area contributed by atoms with Gasteiger partial charge in [0.15, 0.2) is 0 Å². The molecule has 0 amide bonds. The van der Waals surface area contributed by atoms with Gasteiger partial charge in [-0.15, -0.1) is 0 Å². The summed E-state index contributed by atoms with van der Waals surface area (Å²) in [5, 5.41) is 0. The summed E-state index contributed by atoms with van der Waals surface area (Å²) in [6.07, 6.45) is 0. The van der Waals surface area contributed by atoms with Gasteiger partial charge in [0.05, 0.1) is 4.83 Å². The lowest BCUT2D eigenvalue weighted by Gasteiger charge is -2.41. The number of hydrogen-bond donors (Lipinski definition) is 0. The highest BCUT2D eigenvalue weighted by atomic mass is 79.9. The molecular weight excluding hydrogens is 323 g/mol. The molecule has 16 heavy (non-hydrogen) atoms. The molecule has 0 fully saturated rings. The summed E-state index contributed by atoms with van der Waals surface area (Å²) in [5.74, 6) is -3.11. The molecule has 0 heterocycles. The molecule has 0 aromatic carbocycles. The topological polar surface area (TPSA) is 26.3 Å². The van der Waals surface area contributed by atoms with Crippen molar-refractivity contribution >= 4 is 32.1 Å². The van der Waals surface area contributed by atoms with Gasteiger partial charge in [-0.1, -0.05) is 49.2 Å². The molecule has 0 aliphatic rings. The van der Waals surface area contributed by atoms with Crippen LogP contribution < -0.4 is 0 Å². The van der Waals surface area contributed by atoms with Gasteiger partial charge in [-0.3, -0.25) is 4.79 Å². The fourth-order valence-corrected chi connectivity index (χ4v) is 3.01. The van der Waals surface area contributed by atoms with Crippen molar-refractivity contribution in [1.29, 1.82) is 0 Å². The predicted molar refractivity (Wildman–Crippen MR) is 58.7 cm³/mol. The normalized spacial score (nSPS) is 17.3. The molecule has 0 aliphatic carbocycles. The second kappa shape index (κ2) is 5.07. The summed E-state index contributed by atoms with van der Waals surface area (Å²) in [6.45, 7) is 4.24. The Labute approximate surface area is 99.4 Å². The standard InChI is InChI=1S/C5H8BrF5O2S.C2H6/c1-4(12)13-2-5(6)3-14(7,8,9,10)11;1-2/h5H,2-3H2,1H3;1-2H3. The molecule has 0 bridgehead atoms. The second-order valence-electron chi connectivity index (χ2n) is 2.70. The molecule has 0 aromatic heterocycles. The van der Waals surface area contributed by atoms with Crippen LogP contribution in [0.2, 0.25) is 0 Å². The minimum atomic E-state index is -9.42. The van der Waals surface area contributed by atoms with Gasteiger partial charge in [0, 0.05) is 6.92 Å². The summed E-state index contributed by atoms with van der Waals surface area (Å²) in [6, 6.07) is 0. The second-order valence-corrected chi connectivity index (χ2v) is 6.58. The Balaban J connectivity index is 0. The summed E-state index contributed by atoms with van der Waals surface area (Å²) in [5.41, 5.74) is 0. The van der Waals surface area contributed by atoms with E-state index >= 15 is 0 Å². The highest BCUT2D eigenvalue weighted by Crippen LogP contribution is 2.98. The molecule has 2 nitrogen and oxygen atoms in total. The van der Waals surface area contributed by atoms with Crippen LogP contribution >= 0.6 is 26.2 Å². The Kier molecular flexibility index (Phi) is 5.81. The number of carbonyl (C=O) groups excluding carboxylic acids is 1. The quantitative estimate of drug-likeness (QED) is 0.424. The minimum Gasteiger partial charge on any atom is -0.465 e. The monoisotopic (exact) mass is 336 g/mol. The Morgan fingerprint density at radius 2 is 1.62 bits per heavy atom. The smallest absolute Gasteiger partial charge is 0.302 e. The van der Waals surface area contributed by atoms with E-state index < -0.39 is 33.4 Å². The summed E-state index contributed by atoms with van der Waals surface area (Å²) in [4.78, 5) is 8.55. The molecule has 0 aromatic rings. The first-order chi connectivity index (χ1) is 6.79. The predicted octanol–water partition coefficient (Wildman–Crippen LogP) is 4.64.